The maximum atomic E-state index is 12.7. The van der Waals surface area contributed by atoms with Crippen LogP contribution in [-0.4, -0.2) is 60.0 Å². The second-order valence-corrected chi connectivity index (χ2v) is 7.15. The minimum atomic E-state index is 0.0531. The predicted octanol–water partition coefficient (Wildman–Crippen LogP) is 2.64. The summed E-state index contributed by atoms with van der Waals surface area (Å²) >= 11 is 0. The van der Waals surface area contributed by atoms with Crippen molar-refractivity contribution in [3.63, 3.8) is 0 Å². The van der Waals surface area contributed by atoms with Crippen LogP contribution in [0.2, 0.25) is 0 Å². The van der Waals surface area contributed by atoms with Crippen molar-refractivity contribution in [2.24, 2.45) is 0 Å². The highest BCUT2D eigenvalue weighted by Crippen LogP contribution is 2.19. The van der Waals surface area contributed by atoms with Crippen LogP contribution in [0.25, 0.3) is 0 Å². The molecule has 0 N–H and O–H groups in total. The monoisotopic (exact) mass is 350 g/mol. The van der Waals surface area contributed by atoms with E-state index in [9.17, 15) is 4.79 Å². The summed E-state index contributed by atoms with van der Waals surface area (Å²) in [6.45, 7) is 6.49. The molecule has 5 heteroatoms. The maximum Gasteiger partial charge on any atom is 0.272 e. The third kappa shape index (κ3) is 3.88. The molecule has 2 saturated heterocycles. The van der Waals surface area contributed by atoms with E-state index in [0.29, 0.717) is 5.69 Å². The Labute approximate surface area is 155 Å². The summed E-state index contributed by atoms with van der Waals surface area (Å²) in [4.78, 5) is 23.8. The standard InChI is InChI=1S/C21H26N4O/c26-21(20-9-8-19(16-22-20)24-10-4-5-11-24)25-14-12-23(13-15-25)17-18-6-2-1-3-7-18/h1-3,6-9,16H,4-5,10-15,17H2. The summed E-state index contributed by atoms with van der Waals surface area (Å²) in [7, 11) is 0. The zero-order valence-electron chi connectivity index (χ0n) is 15.2. The lowest BCUT2D eigenvalue weighted by molar-refractivity contribution is 0.0623. The Hall–Kier alpha value is -2.40. The number of hydrogen-bond acceptors (Lipinski definition) is 4. The third-order valence-electron chi connectivity index (χ3n) is 5.35. The molecular formula is C21H26N4O. The van der Waals surface area contributed by atoms with Crippen molar-refractivity contribution in [1.29, 1.82) is 0 Å². The molecule has 2 fully saturated rings. The van der Waals surface area contributed by atoms with Crippen LogP contribution >= 0.6 is 0 Å². The number of benzene rings is 1. The van der Waals surface area contributed by atoms with E-state index in [1.807, 2.05) is 29.3 Å². The first-order chi connectivity index (χ1) is 12.8. The van der Waals surface area contributed by atoms with Crippen molar-refractivity contribution in [1.82, 2.24) is 14.8 Å². The molecule has 1 aromatic carbocycles. The van der Waals surface area contributed by atoms with Gasteiger partial charge in [0, 0.05) is 45.8 Å². The zero-order valence-corrected chi connectivity index (χ0v) is 15.2. The number of carbonyl (C=O) groups is 1. The topological polar surface area (TPSA) is 39.7 Å². The molecule has 4 rings (SSSR count). The first kappa shape index (κ1) is 17.0. The number of piperazine rings is 1. The first-order valence-corrected chi connectivity index (χ1v) is 9.56. The van der Waals surface area contributed by atoms with Gasteiger partial charge in [-0.2, -0.15) is 0 Å². The van der Waals surface area contributed by atoms with Crippen molar-refractivity contribution in [2.75, 3.05) is 44.2 Å². The molecule has 26 heavy (non-hydrogen) atoms. The van der Waals surface area contributed by atoms with Gasteiger partial charge in [0.05, 0.1) is 11.9 Å². The SMILES string of the molecule is O=C(c1ccc(N2CCCC2)cn1)N1CCN(Cc2ccccc2)CC1. The fourth-order valence-corrected chi connectivity index (χ4v) is 3.79. The Balaban J connectivity index is 1.31. The van der Waals surface area contributed by atoms with Crippen LogP contribution in [0, 0.1) is 0 Å². The summed E-state index contributed by atoms with van der Waals surface area (Å²) in [6.07, 6.45) is 4.34. The van der Waals surface area contributed by atoms with Crippen LogP contribution in [-0.2, 0) is 6.54 Å². The molecular weight excluding hydrogens is 324 g/mol. The Kier molecular flexibility index (Phi) is 5.16. The largest absolute Gasteiger partial charge is 0.370 e. The van der Waals surface area contributed by atoms with Crippen molar-refractivity contribution >= 4 is 11.6 Å². The van der Waals surface area contributed by atoms with Crippen LogP contribution in [0.1, 0.15) is 28.9 Å². The van der Waals surface area contributed by atoms with Crippen molar-refractivity contribution in [3.05, 3.63) is 59.9 Å². The zero-order chi connectivity index (χ0) is 17.8. The molecule has 3 heterocycles. The molecule has 0 spiro atoms. The molecule has 2 aliphatic heterocycles. The molecule has 0 atom stereocenters. The van der Waals surface area contributed by atoms with Gasteiger partial charge in [0.25, 0.3) is 5.91 Å². The van der Waals surface area contributed by atoms with Gasteiger partial charge < -0.3 is 9.80 Å². The Morgan fingerprint density at radius 1 is 0.885 bits per heavy atom. The summed E-state index contributed by atoms with van der Waals surface area (Å²) in [5.74, 6) is 0.0531. The lowest BCUT2D eigenvalue weighted by Crippen LogP contribution is -2.48. The van der Waals surface area contributed by atoms with Gasteiger partial charge in [0.15, 0.2) is 0 Å². The lowest BCUT2D eigenvalue weighted by Gasteiger charge is -2.34. The van der Waals surface area contributed by atoms with E-state index >= 15 is 0 Å². The lowest BCUT2D eigenvalue weighted by atomic mass is 10.2. The van der Waals surface area contributed by atoms with Crippen molar-refractivity contribution in [2.45, 2.75) is 19.4 Å². The fourth-order valence-electron chi connectivity index (χ4n) is 3.79. The number of aromatic nitrogens is 1. The quantitative estimate of drug-likeness (QED) is 0.850. The van der Waals surface area contributed by atoms with E-state index in [1.54, 1.807) is 0 Å². The number of hydrogen-bond donors (Lipinski definition) is 0. The summed E-state index contributed by atoms with van der Waals surface area (Å²) in [5.41, 5.74) is 3.02. The van der Waals surface area contributed by atoms with E-state index in [4.69, 9.17) is 0 Å². The van der Waals surface area contributed by atoms with E-state index < -0.39 is 0 Å². The van der Waals surface area contributed by atoms with Gasteiger partial charge in [0.1, 0.15) is 5.69 Å². The second kappa shape index (κ2) is 7.87. The van der Waals surface area contributed by atoms with Crippen LogP contribution in [0.3, 0.4) is 0 Å². The molecule has 136 valence electrons. The molecule has 0 aliphatic carbocycles. The summed E-state index contributed by atoms with van der Waals surface area (Å²) in [5, 5.41) is 0. The van der Waals surface area contributed by atoms with Gasteiger partial charge in [0.2, 0.25) is 0 Å². The number of nitrogens with zero attached hydrogens (tertiary/aromatic N) is 4. The normalized spacial score (nSPS) is 18.3. The number of amides is 1. The van der Waals surface area contributed by atoms with Crippen LogP contribution < -0.4 is 4.90 Å². The summed E-state index contributed by atoms with van der Waals surface area (Å²) in [6, 6.07) is 14.4. The maximum absolute atomic E-state index is 12.7. The molecule has 0 bridgehead atoms. The number of rotatable bonds is 4. The average molecular weight is 350 g/mol. The molecule has 1 aromatic heterocycles. The molecule has 0 radical (unpaired) electrons. The Morgan fingerprint density at radius 3 is 2.27 bits per heavy atom. The van der Waals surface area contributed by atoms with Gasteiger partial charge in [-0.3, -0.25) is 9.69 Å². The molecule has 2 aromatic rings. The highest BCUT2D eigenvalue weighted by atomic mass is 16.2. The van der Waals surface area contributed by atoms with Gasteiger partial charge in [-0.25, -0.2) is 4.98 Å². The molecule has 5 nitrogen and oxygen atoms in total. The van der Waals surface area contributed by atoms with Crippen molar-refractivity contribution in [3.8, 4) is 0 Å². The Bertz CT molecular complexity index is 717. The number of carbonyl (C=O) groups excluding carboxylic acids is 1. The van der Waals surface area contributed by atoms with E-state index in [1.165, 1.54) is 18.4 Å². The molecule has 1 amide bonds. The smallest absolute Gasteiger partial charge is 0.272 e. The van der Waals surface area contributed by atoms with Crippen LogP contribution in [0.4, 0.5) is 5.69 Å². The molecule has 0 saturated carbocycles. The molecule has 2 aliphatic rings. The second-order valence-electron chi connectivity index (χ2n) is 7.15. The minimum Gasteiger partial charge on any atom is -0.370 e. The highest BCUT2D eigenvalue weighted by molar-refractivity contribution is 5.92. The fraction of sp³-hybridized carbons (Fsp3) is 0.429. The van der Waals surface area contributed by atoms with Crippen molar-refractivity contribution < 1.29 is 4.79 Å². The number of anilines is 1. The minimum absolute atomic E-state index is 0.0531. The summed E-state index contributed by atoms with van der Waals surface area (Å²) < 4.78 is 0. The molecule has 0 unspecified atom stereocenters. The van der Waals surface area contributed by atoms with E-state index in [-0.39, 0.29) is 5.91 Å². The highest BCUT2D eigenvalue weighted by Gasteiger charge is 2.23. The number of pyridine rings is 1. The van der Waals surface area contributed by atoms with Crippen LogP contribution in [0.15, 0.2) is 48.7 Å². The first-order valence-electron chi connectivity index (χ1n) is 9.56. The van der Waals surface area contributed by atoms with Gasteiger partial charge >= 0.3 is 0 Å². The van der Waals surface area contributed by atoms with Crippen LogP contribution in [0.5, 0.6) is 0 Å². The predicted molar refractivity (Wildman–Crippen MR) is 103 cm³/mol. The van der Waals surface area contributed by atoms with E-state index in [0.717, 1.165) is 51.5 Å². The average Bonchev–Trinajstić information content (AvgIpc) is 3.24. The van der Waals surface area contributed by atoms with Gasteiger partial charge in [-0.1, -0.05) is 30.3 Å². The van der Waals surface area contributed by atoms with Gasteiger partial charge in [-0.15, -0.1) is 0 Å². The third-order valence-corrected chi connectivity index (χ3v) is 5.35. The van der Waals surface area contributed by atoms with E-state index in [2.05, 4.69) is 39.0 Å². The van der Waals surface area contributed by atoms with Gasteiger partial charge in [-0.05, 0) is 30.5 Å². The Morgan fingerprint density at radius 2 is 1.62 bits per heavy atom.